The summed E-state index contributed by atoms with van der Waals surface area (Å²) in [5.74, 6) is 0. The highest BCUT2D eigenvalue weighted by molar-refractivity contribution is 7.19. The smallest absolute Gasteiger partial charge is 0.413 e. The number of thiazole rings is 1. The average molecular weight is 466 g/mol. The van der Waals surface area contributed by atoms with Crippen molar-refractivity contribution in [3.63, 3.8) is 0 Å². The van der Waals surface area contributed by atoms with Crippen LogP contribution in [-0.4, -0.2) is 33.0 Å². The van der Waals surface area contributed by atoms with Crippen LogP contribution < -0.4 is 5.32 Å². The van der Waals surface area contributed by atoms with Crippen LogP contribution in [0, 0.1) is 6.92 Å². The summed E-state index contributed by atoms with van der Waals surface area (Å²) in [5, 5.41) is 8.81. The molecule has 7 nitrogen and oxygen atoms in total. The Morgan fingerprint density at radius 3 is 2.81 bits per heavy atom. The molecule has 9 heteroatoms. The van der Waals surface area contributed by atoms with Crippen molar-refractivity contribution >= 4 is 34.2 Å². The van der Waals surface area contributed by atoms with Crippen LogP contribution in [0.2, 0.25) is 5.02 Å². The van der Waals surface area contributed by atoms with Gasteiger partial charge in [-0.3, -0.25) is 10.3 Å². The molecule has 0 fully saturated rings. The third-order valence-corrected chi connectivity index (χ3v) is 6.74. The van der Waals surface area contributed by atoms with Crippen molar-refractivity contribution in [1.82, 2.24) is 19.7 Å². The molecule has 1 amide bonds. The number of rotatable bonds is 3. The van der Waals surface area contributed by atoms with Gasteiger partial charge in [-0.25, -0.2) is 14.5 Å². The first-order valence-electron chi connectivity index (χ1n) is 10.2. The fourth-order valence-corrected chi connectivity index (χ4v) is 5.16. The molecule has 0 saturated carbocycles. The second-order valence-corrected chi connectivity index (χ2v) is 8.90. The van der Waals surface area contributed by atoms with E-state index in [9.17, 15) is 4.79 Å². The first-order chi connectivity index (χ1) is 15.5. The van der Waals surface area contributed by atoms with Gasteiger partial charge in [-0.2, -0.15) is 5.10 Å². The number of para-hydroxylation sites is 1. The first kappa shape index (κ1) is 20.7. The Labute approximate surface area is 194 Å². The number of hydrogen-bond donors (Lipinski definition) is 1. The van der Waals surface area contributed by atoms with Gasteiger partial charge in [-0.1, -0.05) is 35.1 Å². The van der Waals surface area contributed by atoms with Crippen LogP contribution in [0.4, 0.5) is 9.93 Å². The summed E-state index contributed by atoms with van der Waals surface area (Å²) in [5.41, 5.74) is 6.60. The van der Waals surface area contributed by atoms with Crippen molar-refractivity contribution in [2.45, 2.75) is 26.2 Å². The summed E-state index contributed by atoms with van der Waals surface area (Å²) in [6.45, 7) is 1.96. The number of methoxy groups -OCH3 is 1. The van der Waals surface area contributed by atoms with E-state index < -0.39 is 6.09 Å². The van der Waals surface area contributed by atoms with E-state index in [0.717, 1.165) is 63.7 Å². The van der Waals surface area contributed by atoms with Crippen LogP contribution in [0.1, 0.15) is 23.4 Å². The van der Waals surface area contributed by atoms with Crippen molar-refractivity contribution in [2.24, 2.45) is 0 Å². The van der Waals surface area contributed by atoms with E-state index in [1.165, 1.54) is 18.4 Å². The number of carbonyl (C=O) groups excluding carboxylic acids is 1. The van der Waals surface area contributed by atoms with Gasteiger partial charge in [-0.15, -0.1) is 0 Å². The SMILES string of the molecule is COC(=O)Nc1nc2c(s1)-c1c(c(-c3ccc(C)nc3)nn1-c1ccccc1Cl)CCC2. The largest absolute Gasteiger partial charge is 0.453 e. The quantitative estimate of drug-likeness (QED) is 0.420. The molecule has 1 aliphatic carbocycles. The summed E-state index contributed by atoms with van der Waals surface area (Å²) in [4.78, 5) is 21.9. The normalized spacial score (nSPS) is 12.6. The molecule has 0 bridgehead atoms. The fraction of sp³-hybridized carbons (Fsp3) is 0.217. The van der Waals surface area contributed by atoms with Crippen LogP contribution in [-0.2, 0) is 17.6 Å². The minimum atomic E-state index is -0.542. The van der Waals surface area contributed by atoms with E-state index in [4.69, 9.17) is 21.4 Å². The lowest BCUT2D eigenvalue weighted by atomic mass is 10.0. The van der Waals surface area contributed by atoms with Gasteiger partial charge in [0.2, 0.25) is 0 Å². The number of carbonyl (C=O) groups is 1. The minimum Gasteiger partial charge on any atom is -0.453 e. The molecule has 1 N–H and O–H groups in total. The molecular formula is C23H20ClN5O2S. The van der Waals surface area contributed by atoms with Crippen LogP contribution in [0.3, 0.4) is 0 Å². The molecule has 162 valence electrons. The molecule has 0 spiro atoms. The van der Waals surface area contributed by atoms with Crippen molar-refractivity contribution in [2.75, 3.05) is 12.4 Å². The molecule has 3 heterocycles. The Morgan fingerprint density at radius 1 is 1.22 bits per heavy atom. The number of aryl methyl sites for hydroxylation is 2. The third-order valence-electron chi connectivity index (χ3n) is 5.40. The fourth-order valence-electron chi connectivity index (χ4n) is 3.89. The highest BCUT2D eigenvalue weighted by atomic mass is 35.5. The van der Waals surface area contributed by atoms with Crippen molar-refractivity contribution in [3.05, 3.63) is 64.6 Å². The van der Waals surface area contributed by atoms with Gasteiger partial charge in [0.25, 0.3) is 0 Å². The van der Waals surface area contributed by atoms with E-state index in [0.29, 0.717) is 10.2 Å². The zero-order valence-corrected chi connectivity index (χ0v) is 19.1. The first-order valence-corrected chi connectivity index (χ1v) is 11.4. The molecular weight excluding hydrogens is 446 g/mol. The number of anilines is 1. The van der Waals surface area contributed by atoms with Gasteiger partial charge in [-0.05, 0) is 50.5 Å². The van der Waals surface area contributed by atoms with E-state index in [2.05, 4.69) is 15.3 Å². The number of ether oxygens (including phenoxy) is 1. The Bertz CT molecular complexity index is 1310. The molecule has 0 aliphatic heterocycles. The van der Waals surface area contributed by atoms with E-state index in [1.54, 1.807) is 0 Å². The lowest BCUT2D eigenvalue weighted by Crippen LogP contribution is -2.10. The van der Waals surface area contributed by atoms with Crippen LogP contribution >= 0.6 is 22.9 Å². The van der Waals surface area contributed by atoms with E-state index in [1.807, 2.05) is 54.2 Å². The number of nitrogens with one attached hydrogen (secondary N) is 1. The number of fused-ring (bicyclic) bond motifs is 3. The predicted molar refractivity (Wildman–Crippen MR) is 126 cm³/mol. The highest BCUT2D eigenvalue weighted by Gasteiger charge is 2.29. The number of hydrogen-bond acceptors (Lipinski definition) is 6. The molecule has 0 radical (unpaired) electrons. The van der Waals surface area contributed by atoms with Gasteiger partial charge in [0.15, 0.2) is 5.13 Å². The van der Waals surface area contributed by atoms with Crippen LogP contribution in [0.15, 0.2) is 42.6 Å². The predicted octanol–water partition coefficient (Wildman–Crippen LogP) is 5.69. The number of amides is 1. The Morgan fingerprint density at radius 2 is 2.06 bits per heavy atom. The average Bonchev–Trinajstić information content (AvgIpc) is 3.31. The number of halogens is 1. The number of aromatic nitrogens is 4. The van der Waals surface area contributed by atoms with Gasteiger partial charge < -0.3 is 4.74 Å². The highest BCUT2D eigenvalue weighted by Crippen LogP contribution is 2.43. The molecule has 0 atom stereocenters. The van der Waals surface area contributed by atoms with E-state index in [-0.39, 0.29) is 0 Å². The second kappa shape index (κ2) is 8.37. The minimum absolute atomic E-state index is 0.500. The number of benzene rings is 1. The molecule has 0 saturated heterocycles. The van der Waals surface area contributed by atoms with Gasteiger partial charge in [0, 0.05) is 23.0 Å². The molecule has 1 aromatic carbocycles. The number of pyridine rings is 1. The molecule has 1 aliphatic rings. The molecule has 4 aromatic rings. The maximum atomic E-state index is 11.7. The third kappa shape index (κ3) is 3.65. The lowest BCUT2D eigenvalue weighted by molar-refractivity contribution is 0.187. The van der Waals surface area contributed by atoms with Crippen LogP contribution in [0.5, 0.6) is 0 Å². The Balaban J connectivity index is 1.75. The maximum Gasteiger partial charge on any atom is 0.413 e. The zero-order valence-electron chi connectivity index (χ0n) is 17.6. The molecule has 32 heavy (non-hydrogen) atoms. The summed E-state index contributed by atoms with van der Waals surface area (Å²) in [7, 11) is 1.33. The summed E-state index contributed by atoms with van der Waals surface area (Å²) in [6, 6.07) is 11.7. The topological polar surface area (TPSA) is 81.9 Å². The van der Waals surface area contributed by atoms with Crippen molar-refractivity contribution in [1.29, 1.82) is 0 Å². The Hall–Kier alpha value is -3.23. The monoisotopic (exact) mass is 465 g/mol. The number of nitrogens with zero attached hydrogens (tertiary/aromatic N) is 4. The summed E-state index contributed by atoms with van der Waals surface area (Å²) in [6.07, 6.45) is 3.89. The van der Waals surface area contributed by atoms with Crippen molar-refractivity contribution in [3.8, 4) is 27.5 Å². The maximum absolute atomic E-state index is 11.7. The molecule has 0 unspecified atom stereocenters. The summed E-state index contributed by atoms with van der Waals surface area (Å²) >= 11 is 8.00. The second-order valence-electron chi connectivity index (χ2n) is 7.49. The Kier molecular flexibility index (Phi) is 5.40. The molecule has 3 aromatic heterocycles. The van der Waals surface area contributed by atoms with Crippen LogP contribution in [0.25, 0.3) is 27.5 Å². The zero-order chi connectivity index (χ0) is 22.2. The van der Waals surface area contributed by atoms with E-state index >= 15 is 0 Å². The van der Waals surface area contributed by atoms with Gasteiger partial charge in [0.05, 0.1) is 39.8 Å². The standard InChI is InChI=1S/C23H20ClN5O2S/c1-13-10-11-14(12-25-13)19-15-6-5-8-17-21(32-22(26-17)27-23(30)31-2)20(15)29(28-19)18-9-4-3-7-16(18)24/h3-4,7,9-12H,5-6,8H2,1-2H3,(H,26,27,30). The van der Waals surface area contributed by atoms with Crippen molar-refractivity contribution < 1.29 is 9.53 Å². The van der Waals surface area contributed by atoms with Gasteiger partial charge >= 0.3 is 6.09 Å². The molecule has 5 rings (SSSR count). The lowest BCUT2D eigenvalue weighted by Gasteiger charge is -2.09. The van der Waals surface area contributed by atoms with Gasteiger partial charge in [0.1, 0.15) is 0 Å². The summed E-state index contributed by atoms with van der Waals surface area (Å²) < 4.78 is 6.64.